The molecule has 5 heteroatoms. The Balaban J connectivity index is 1.57. The fraction of sp³-hybridized carbons (Fsp3) is 0.440. The zero-order valence-corrected chi connectivity index (χ0v) is 17.6. The van der Waals surface area contributed by atoms with E-state index in [0.717, 1.165) is 37.1 Å². The summed E-state index contributed by atoms with van der Waals surface area (Å²) >= 11 is 0. The summed E-state index contributed by atoms with van der Waals surface area (Å²) in [4.78, 5) is 30.4. The fourth-order valence-electron chi connectivity index (χ4n) is 4.65. The highest BCUT2D eigenvalue weighted by atomic mass is 16.2. The second kappa shape index (κ2) is 9.43. The smallest absolute Gasteiger partial charge is 0.322 e. The van der Waals surface area contributed by atoms with Gasteiger partial charge in [0.1, 0.15) is 5.54 Å². The molecule has 2 heterocycles. The Bertz CT molecular complexity index is 804. The number of urea groups is 1. The monoisotopic (exact) mass is 405 g/mol. The van der Waals surface area contributed by atoms with Crippen LogP contribution in [0, 0.1) is 0 Å². The molecule has 4 rings (SSSR count). The Morgan fingerprint density at radius 3 is 1.77 bits per heavy atom. The van der Waals surface area contributed by atoms with Crippen LogP contribution in [0.1, 0.15) is 43.2 Å². The number of nitrogens with zero attached hydrogens (tertiary/aromatic N) is 2. The normalized spacial score (nSPS) is 19.9. The third-order valence-electron chi connectivity index (χ3n) is 6.23. The van der Waals surface area contributed by atoms with Crippen molar-refractivity contribution in [1.29, 1.82) is 0 Å². The van der Waals surface area contributed by atoms with Crippen molar-refractivity contribution in [2.24, 2.45) is 0 Å². The molecule has 0 unspecified atom stereocenters. The molecular weight excluding hydrogens is 374 g/mol. The second-order valence-electron chi connectivity index (χ2n) is 8.60. The lowest BCUT2D eigenvalue weighted by Crippen LogP contribution is -2.51. The van der Waals surface area contributed by atoms with Gasteiger partial charge >= 0.3 is 6.03 Å². The van der Waals surface area contributed by atoms with Gasteiger partial charge in [-0.2, -0.15) is 0 Å². The van der Waals surface area contributed by atoms with Gasteiger partial charge in [-0.3, -0.25) is 9.69 Å². The number of imide groups is 1. The molecule has 0 saturated carbocycles. The van der Waals surface area contributed by atoms with E-state index in [4.69, 9.17) is 0 Å². The molecule has 0 atom stereocenters. The van der Waals surface area contributed by atoms with Crippen molar-refractivity contribution in [3.8, 4) is 0 Å². The van der Waals surface area contributed by atoms with Gasteiger partial charge in [0.2, 0.25) is 0 Å². The molecule has 0 bridgehead atoms. The predicted molar refractivity (Wildman–Crippen MR) is 118 cm³/mol. The van der Waals surface area contributed by atoms with Crippen molar-refractivity contribution in [2.45, 2.75) is 50.5 Å². The van der Waals surface area contributed by atoms with E-state index in [1.165, 1.54) is 24.2 Å². The van der Waals surface area contributed by atoms with Crippen LogP contribution in [0.3, 0.4) is 0 Å². The number of carbonyl (C=O) groups is 2. The van der Waals surface area contributed by atoms with Gasteiger partial charge in [-0.25, -0.2) is 9.69 Å². The highest BCUT2D eigenvalue weighted by Crippen LogP contribution is 2.28. The van der Waals surface area contributed by atoms with E-state index in [9.17, 15) is 9.59 Å². The van der Waals surface area contributed by atoms with E-state index in [1.54, 1.807) is 0 Å². The van der Waals surface area contributed by atoms with Crippen LogP contribution in [0.5, 0.6) is 0 Å². The maximum absolute atomic E-state index is 13.7. The van der Waals surface area contributed by atoms with Crippen molar-refractivity contribution >= 4 is 11.9 Å². The molecule has 0 radical (unpaired) electrons. The SMILES string of the molecule is O=C1NC(Cc2ccccc2)(Cc2ccccc2)C(=O)N1CN1CCCCCCC1. The molecule has 0 aromatic heterocycles. The third-order valence-corrected chi connectivity index (χ3v) is 6.23. The Labute approximate surface area is 179 Å². The summed E-state index contributed by atoms with van der Waals surface area (Å²) in [6.45, 7) is 2.28. The first-order valence-electron chi connectivity index (χ1n) is 11.1. The summed E-state index contributed by atoms with van der Waals surface area (Å²) in [6, 6.07) is 19.7. The molecule has 0 aliphatic carbocycles. The van der Waals surface area contributed by atoms with Gasteiger partial charge in [0.25, 0.3) is 5.91 Å². The average Bonchev–Trinajstić information content (AvgIpc) is 2.95. The van der Waals surface area contributed by atoms with Crippen molar-refractivity contribution in [3.63, 3.8) is 0 Å². The van der Waals surface area contributed by atoms with Crippen LogP contribution in [0.25, 0.3) is 0 Å². The molecule has 158 valence electrons. The molecule has 1 N–H and O–H groups in total. The minimum atomic E-state index is -0.942. The van der Waals surface area contributed by atoms with E-state index in [0.29, 0.717) is 19.5 Å². The lowest BCUT2D eigenvalue weighted by atomic mass is 9.84. The maximum Gasteiger partial charge on any atom is 0.326 e. The van der Waals surface area contributed by atoms with Gasteiger partial charge in [-0.05, 0) is 37.1 Å². The molecule has 3 amide bonds. The number of rotatable bonds is 6. The number of hydrogen-bond acceptors (Lipinski definition) is 3. The van der Waals surface area contributed by atoms with Crippen LogP contribution < -0.4 is 5.32 Å². The van der Waals surface area contributed by atoms with Gasteiger partial charge in [-0.1, -0.05) is 79.9 Å². The van der Waals surface area contributed by atoms with Crippen molar-refractivity contribution in [3.05, 3.63) is 71.8 Å². The lowest BCUT2D eigenvalue weighted by Gasteiger charge is -2.30. The van der Waals surface area contributed by atoms with Crippen LogP contribution in [-0.2, 0) is 17.6 Å². The summed E-state index contributed by atoms with van der Waals surface area (Å²) in [5, 5.41) is 3.09. The average molecular weight is 406 g/mol. The van der Waals surface area contributed by atoms with Gasteiger partial charge in [-0.15, -0.1) is 0 Å². The number of likely N-dealkylation sites (tertiary alicyclic amines) is 1. The Hall–Kier alpha value is -2.66. The van der Waals surface area contributed by atoms with Gasteiger partial charge in [0, 0.05) is 12.8 Å². The van der Waals surface area contributed by atoms with E-state index >= 15 is 0 Å². The number of hydrogen-bond donors (Lipinski definition) is 1. The predicted octanol–water partition coefficient (Wildman–Crippen LogP) is 3.99. The van der Waals surface area contributed by atoms with E-state index in [-0.39, 0.29) is 11.9 Å². The first kappa shape index (κ1) is 20.6. The molecule has 2 aliphatic heterocycles. The molecule has 2 aliphatic rings. The van der Waals surface area contributed by atoms with Crippen LogP contribution in [0.2, 0.25) is 0 Å². The Kier molecular flexibility index (Phi) is 6.48. The first-order chi connectivity index (χ1) is 14.7. The Morgan fingerprint density at radius 1 is 0.733 bits per heavy atom. The molecule has 0 spiro atoms. The number of carbonyl (C=O) groups excluding carboxylic acids is 2. The number of amides is 3. The summed E-state index contributed by atoms with van der Waals surface area (Å²) in [5.41, 5.74) is 1.16. The molecular formula is C25H31N3O2. The largest absolute Gasteiger partial charge is 0.326 e. The first-order valence-corrected chi connectivity index (χ1v) is 11.1. The number of nitrogens with one attached hydrogen (secondary N) is 1. The van der Waals surface area contributed by atoms with Gasteiger partial charge in [0.15, 0.2) is 0 Å². The maximum atomic E-state index is 13.7. The molecule has 5 nitrogen and oxygen atoms in total. The fourth-order valence-corrected chi connectivity index (χ4v) is 4.65. The minimum absolute atomic E-state index is 0.109. The van der Waals surface area contributed by atoms with Gasteiger partial charge < -0.3 is 5.32 Å². The molecule has 2 saturated heterocycles. The zero-order chi connectivity index (χ0) is 20.8. The summed E-state index contributed by atoms with van der Waals surface area (Å²) in [7, 11) is 0. The Morgan fingerprint density at radius 2 is 1.23 bits per heavy atom. The molecule has 2 fully saturated rings. The van der Waals surface area contributed by atoms with Crippen LogP contribution in [-0.4, -0.2) is 47.0 Å². The molecule has 30 heavy (non-hydrogen) atoms. The van der Waals surface area contributed by atoms with Crippen LogP contribution in [0.4, 0.5) is 4.79 Å². The minimum Gasteiger partial charge on any atom is -0.322 e. The summed E-state index contributed by atoms with van der Waals surface area (Å²) in [6.07, 6.45) is 6.97. The zero-order valence-electron chi connectivity index (χ0n) is 17.6. The lowest BCUT2D eigenvalue weighted by molar-refractivity contribution is -0.132. The van der Waals surface area contributed by atoms with Gasteiger partial charge in [0.05, 0.1) is 6.67 Å². The van der Waals surface area contributed by atoms with Crippen molar-refractivity contribution < 1.29 is 9.59 Å². The summed E-state index contributed by atoms with van der Waals surface area (Å²) in [5.74, 6) is -0.109. The molecule has 2 aromatic rings. The second-order valence-corrected chi connectivity index (χ2v) is 8.60. The van der Waals surface area contributed by atoms with E-state index < -0.39 is 5.54 Å². The summed E-state index contributed by atoms with van der Waals surface area (Å²) < 4.78 is 0. The topological polar surface area (TPSA) is 52.7 Å². The number of benzene rings is 2. The van der Waals surface area contributed by atoms with Crippen molar-refractivity contribution in [2.75, 3.05) is 19.8 Å². The standard InChI is InChI=1S/C25H31N3O2/c29-23-25(18-21-12-6-4-7-13-21,19-22-14-8-5-9-15-22)26-24(30)28(23)20-27-16-10-2-1-3-11-17-27/h4-9,12-15H,1-3,10-11,16-20H2,(H,26,30). The highest BCUT2D eigenvalue weighted by molar-refractivity contribution is 6.07. The van der Waals surface area contributed by atoms with Crippen molar-refractivity contribution in [1.82, 2.24) is 15.1 Å². The highest BCUT2D eigenvalue weighted by Gasteiger charge is 2.51. The van der Waals surface area contributed by atoms with E-state index in [1.807, 2.05) is 60.7 Å². The van der Waals surface area contributed by atoms with Crippen LogP contribution in [0.15, 0.2) is 60.7 Å². The quantitative estimate of drug-likeness (QED) is 0.740. The molecule has 2 aromatic carbocycles. The third kappa shape index (κ3) is 4.73. The van der Waals surface area contributed by atoms with E-state index in [2.05, 4.69) is 10.2 Å². The van der Waals surface area contributed by atoms with Crippen LogP contribution >= 0.6 is 0 Å².